The Hall–Kier alpha value is -1.30. The summed E-state index contributed by atoms with van der Waals surface area (Å²) in [7, 11) is 1.65. The summed E-state index contributed by atoms with van der Waals surface area (Å²) in [6, 6.07) is 1.79. The van der Waals surface area contributed by atoms with Crippen LogP contribution in [0.1, 0.15) is 6.92 Å². The molecule has 3 nitrogen and oxygen atoms in total. The van der Waals surface area contributed by atoms with Gasteiger partial charge in [0, 0.05) is 12.8 Å². The van der Waals surface area contributed by atoms with Gasteiger partial charge in [0.25, 0.3) is 0 Å². The third-order valence-electron chi connectivity index (χ3n) is 0.846. The van der Waals surface area contributed by atoms with E-state index in [0.717, 1.165) is 5.71 Å². The maximum atomic E-state index is 8.18. The summed E-state index contributed by atoms with van der Waals surface area (Å²) >= 11 is 0. The van der Waals surface area contributed by atoms with Crippen molar-refractivity contribution in [3.05, 3.63) is 11.8 Å². The van der Waals surface area contributed by atoms with Gasteiger partial charge in [0.1, 0.15) is 11.8 Å². The van der Waals surface area contributed by atoms with Crippen LogP contribution in [0, 0.1) is 11.3 Å². The van der Waals surface area contributed by atoms with Crippen LogP contribution >= 0.6 is 0 Å². The van der Waals surface area contributed by atoms with Crippen LogP contribution in [0.3, 0.4) is 0 Å². The summed E-state index contributed by atoms with van der Waals surface area (Å²) in [5, 5.41) is 8.18. The molecule has 0 aliphatic carbocycles. The van der Waals surface area contributed by atoms with Crippen molar-refractivity contribution in [1.82, 2.24) is 0 Å². The second-order valence-corrected chi connectivity index (χ2v) is 1.58. The van der Waals surface area contributed by atoms with Gasteiger partial charge >= 0.3 is 0 Å². The molecule has 0 aromatic carbocycles. The van der Waals surface area contributed by atoms with Gasteiger partial charge in [0.05, 0.1) is 0 Å². The third kappa shape index (κ3) is 3.30. The molecule has 0 aliphatic heterocycles. The van der Waals surface area contributed by atoms with Gasteiger partial charge in [0.15, 0.2) is 0 Å². The van der Waals surface area contributed by atoms with Gasteiger partial charge in [-0.05, 0) is 13.0 Å². The summed E-state index contributed by atoms with van der Waals surface area (Å²) in [6.07, 6.45) is 1.53. The number of nitriles is 1. The third-order valence-corrected chi connectivity index (χ3v) is 0.846. The second kappa shape index (κ2) is 3.67. The van der Waals surface area contributed by atoms with E-state index in [-0.39, 0.29) is 5.70 Å². The van der Waals surface area contributed by atoms with Crippen molar-refractivity contribution in [2.75, 3.05) is 7.05 Å². The quantitative estimate of drug-likeness (QED) is 0.406. The first-order chi connectivity index (χ1) is 4.20. The molecule has 0 rings (SSSR count). The zero-order chi connectivity index (χ0) is 7.28. The minimum Gasteiger partial charge on any atom is -0.390 e. The maximum Gasteiger partial charge on any atom is 0.117 e. The van der Waals surface area contributed by atoms with E-state index in [1.165, 1.54) is 6.08 Å². The van der Waals surface area contributed by atoms with Crippen molar-refractivity contribution >= 4 is 5.71 Å². The van der Waals surface area contributed by atoms with Crippen LogP contribution in [0.2, 0.25) is 0 Å². The van der Waals surface area contributed by atoms with Crippen molar-refractivity contribution in [2.24, 2.45) is 10.7 Å². The number of nitrogens with two attached hydrogens (primary N) is 1. The summed E-state index contributed by atoms with van der Waals surface area (Å²) in [5.74, 6) is 0. The fourth-order valence-electron chi connectivity index (χ4n) is 0.322. The largest absolute Gasteiger partial charge is 0.390 e. The van der Waals surface area contributed by atoms with E-state index in [4.69, 9.17) is 11.0 Å². The van der Waals surface area contributed by atoms with E-state index in [1.54, 1.807) is 20.0 Å². The predicted octanol–water partition coefficient (Wildman–Crippen LogP) is 0.443. The summed E-state index contributed by atoms with van der Waals surface area (Å²) < 4.78 is 0. The lowest BCUT2D eigenvalue weighted by atomic mass is 10.3. The molecule has 3 heteroatoms. The summed E-state index contributed by atoms with van der Waals surface area (Å²) in [5.41, 5.74) is 6.12. The average molecular weight is 123 g/mol. The molecule has 0 saturated carbocycles. The lowest BCUT2D eigenvalue weighted by molar-refractivity contribution is 1.37. The number of hydrogen-bond donors (Lipinski definition) is 1. The Morgan fingerprint density at radius 3 is 2.67 bits per heavy atom. The van der Waals surface area contributed by atoms with Gasteiger partial charge in [-0.25, -0.2) is 0 Å². The minimum absolute atomic E-state index is 0.193. The Balaban J connectivity index is 4.17. The molecule has 0 fully saturated rings. The summed E-state index contributed by atoms with van der Waals surface area (Å²) in [4.78, 5) is 3.79. The normalized spacial score (nSPS) is 13.0. The van der Waals surface area contributed by atoms with Crippen LogP contribution in [0.5, 0.6) is 0 Å². The Morgan fingerprint density at radius 1 is 1.78 bits per heavy atom. The van der Waals surface area contributed by atoms with Gasteiger partial charge < -0.3 is 5.73 Å². The maximum absolute atomic E-state index is 8.18. The van der Waals surface area contributed by atoms with Gasteiger partial charge in [-0.3, -0.25) is 4.99 Å². The van der Waals surface area contributed by atoms with Gasteiger partial charge in [0.2, 0.25) is 0 Å². The highest BCUT2D eigenvalue weighted by Gasteiger charge is 1.84. The fraction of sp³-hybridized carbons (Fsp3) is 0.333. The molecule has 2 N–H and O–H groups in total. The van der Waals surface area contributed by atoms with Gasteiger partial charge in [-0.15, -0.1) is 0 Å². The monoisotopic (exact) mass is 123 g/mol. The second-order valence-electron chi connectivity index (χ2n) is 1.58. The Morgan fingerprint density at radius 2 is 2.33 bits per heavy atom. The molecule has 0 bridgehead atoms. The molecule has 0 spiro atoms. The fourth-order valence-corrected chi connectivity index (χ4v) is 0.322. The molecule has 0 unspecified atom stereocenters. The smallest absolute Gasteiger partial charge is 0.117 e. The van der Waals surface area contributed by atoms with E-state index in [0.29, 0.717) is 0 Å². The Bertz CT molecular complexity index is 183. The molecule has 0 radical (unpaired) electrons. The average Bonchev–Trinajstić information content (AvgIpc) is 1.87. The van der Waals surface area contributed by atoms with E-state index in [1.807, 2.05) is 0 Å². The molecular weight excluding hydrogens is 114 g/mol. The molecule has 0 amide bonds. The van der Waals surface area contributed by atoms with Crippen molar-refractivity contribution in [2.45, 2.75) is 6.92 Å². The minimum atomic E-state index is 0.193. The van der Waals surface area contributed by atoms with Crippen LogP contribution in [0.4, 0.5) is 0 Å². The highest BCUT2D eigenvalue weighted by molar-refractivity contribution is 5.93. The van der Waals surface area contributed by atoms with Crippen LogP contribution < -0.4 is 5.73 Å². The van der Waals surface area contributed by atoms with Crippen molar-refractivity contribution in [1.29, 1.82) is 5.26 Å². The number of hydrogen-bond acceptors (Lipinski definition) is 3. The molecule has 0 aromatic rings. The van der Waals surface area contributed by atoms with Crippen LogP contribution in [0.15, 0.2) is 16.8 Å². The lowest BCUT2D eigenvalue weighted by Crippen LogP contribution is -1.96. The number of nitrogens with zero attached hydrogens (tertiary/aromatic N) is 2. The topological polar surface area (TPSA) is 62.2 Å². The van der Waals surface area contributed by atoms with Crippen molar-refractivity contribution < 1.29 is 0 Å². The van der Waals surface area contributed by atoms with Crippen molar-refractivity contribution in [3.63, 3.8) is 0 Å². The zero-order valence-electron chi connectivity index (χ0n) is 5.55. The Kier molecular flexibility index (Phi) is 3.14. The number of rotatable bonds is 1. The van der Waals surface area contributed by atoms with Gasteiger partial charge in [-0.2, -0.15) is 5.26 Å². The first kappa shape index (κ1) is 7.70. The molecular formula is C6H9N3. The highest BCUT2D eigenvalue weighted by atomic mass is 14.7. The number of aliphatic imine (C=N–C) groups is 1. The molecule has 9 heavy (non-hydrogen) atoms. The Labute approximate surface area is 54.5 Å². The predicted molar refractivity (Wildman–Crippen MR) is 36.9 cm³/mol. The van der Waals surface area contributed by atoms with E-state index in [9.17, 15) is 0 Å². The standard InChI is InChI=1S/C6H9N3/c1-5(9-2)3-6(8)4-7/h3H,8H2,1-2H3. The molecule has 0 aliphatic rings. The van der Waals surface area contributed by atoms with E-state index < -0.39 is 0 Å². The first-order valence-electron chi connectivity index (χ1n) is 2.51. The van der Waals surface area contributed by atoms with E-state index >= 15 is 0 Å². The van der Waals surface area contributed by atoms with E-state index in [2.05, 4.69) is 4.99 Å². The summed E-state index contributed by atoms with van der Waals surface area (Å²) in [6.45, 7) is 1.78. The zero-order valence-corrected chi connectivity index (χ0v) is 5.55. The molecule has 0 atom stereocenters. The van der Waals surface area contributed by atoms with Crippen molar-refractivity contribution in [3.8, 4) is 6.07 Å². The lowest BCUT2D eigenvalue weighted by Gasteiger charge is -1.86. The highest BCUT2D eigenvalue weighted by Crippen LogP contribution is 1.82. The van der Waals surface area contributed by atoms with Crippen LogP contribution in [-0.2, 0) is 0 Å². The molecule has 0 heterocycles. The van der Waals surface area contributed by atoms with Gasteiger partial charge in [-0.1, -0.05) is 0 Å². The van der Waals surface area contributed by atoms with Crippen LogP contribution in [-0.4, -0.2) is 12.8 Å². The molecule has 0 saturated heterocycles. The number of allylic oxidation sites excluding steroid dienone is 2. The molecule has 0 aromatic heterocycles. The van der Waals surface area contributed by atoms with Crippen LogP contribution in [0.25, 0.3) is 0 Å². The molecule has 48 valence electrons. The first-order valence-corrected chi connectivity index (χ1v) is 2.51. The SMILES string of the molecule is CN=C(C)C=C(N)C#N.